The van der Waals surface area contributed by atoms with Crippen LogP contribution in [0.15, 0.2) is 35.0 Å². The molecule has 0 aliphatic heterocycles. The predicted octanol–water partition coefficient (Wildman–Crippen LogP) is 9.85. The maximum atomic E-state index is 3.56. The summed E-state index contributed by atoms with van der Waals surface area (Å²) in [5, 5.41) is 4.31. The van der Waals surface area contributed by atoms with E-state index in [4.69, 9.17) is 0 Å². The van der Waals surface area contributed by atoms with E-state index in [0.717, 1.165) is 24.0 Å². The lowest BCUT2D eigenvalue weighted by atomic mass is 10.1. The molecule has 0 saturated heterocycles. The first-order valence-electron chi connectivity index (χ1n) is 11.6. The Morgan fingerprint density at radius 3 is 1.52 bits per heavy atom. The van der Waals surface area contributed by atoms with Gasteiger partial charge in [-0.2, -0.15) is 0 Å². The van der Waals surface area contributed by atoms with Gasteiger partial charge in [0.05, 0.1) is 20.9 Å². The Kier molecular flexibility index (Phi) is 10.5. The molecule has 0 spiro atoms. The van der Waals surface area contributed by atoms with Crippen LogP contribution >= 0.6 is 34.0 Å². The van der Waals surface area contributed by atoms with Crippen molar-refractivity contribution in [2.45, 2.75) is 78.1 Å². The van der Waals surface area contributed by atoms with Crippen LogP contribution in [0.5, 0.6) is 0 Å². The minimum absolute atomic E-state index is 0.970. The summed E-state index contributed by atoms with van der Waals surface area (Å²) >= 11 is 5.45. The van der Waals surface area contributed by atoms with Crippen molar-refractivity contribution < 1.29 is 0 Å². The van der Waals surface area contributed by atoms with Crippen LogP contribution in [0.3, 0.4) is 0 Å². The molecule has 0 nitrogen and oxygen atoms in total. The zero-order chi connectivity index (χ0) is 21.7. The van der Waals surface area contributed by atoms with E-state index >= 15 is 0 Å². The second kappa shape index (κ2) is 13.6. The number of unbranched alkanes of at least 4 members (excludes halogenated alkanes) is 8. The monoisotopic (exact) mass is 464 g/mol. The molecule has 31 heavy (non-hydrogen) atoms. The first-order chi connectivity index (χ1) is 15.3. The van der Waals surface area contributed by atoms with Crippen molar-refractivity contribution in [1.29, 1.82) is 0 Å². The highest BCUT2D eigenvalue weighted by Crippen LogP contribution is 2.44. The van der Waals surface area contributed by atoms with Crippen LogP contribution in [0.25, 0.3) is 19.5 Å². The fraction of sp³-hybridized carbons (Fsp3) is 0.429. The maximum Gasteiger partial charge on any atom is 0.0619 e. The highest BCUT2D eigenvalue weighted by Gasteiger charge is 2.19. The third kappa shape index (κ3) is 7.11. The summed E-state index contributed by atoms with van der Waals surface area (Å²) in [6.45, 7) is 4.51. The average Bonchev–Trinajstić information content (AvgIpc) is 3.54. The molecule has 0 N–H and O–H groups in total. The van der Waals surface area contributed by atoms with E-state index in [2.05, 4.69) is 72.6 Å². The summed E-state index contributed by atoms with van der Waals surface area (Å²) in [5.41, 5.74) is 2.29. The van der Waals surface area contributed by atoms with Crippen molar-refractivity contribution in [1.82, 2.24) is 0 Å². The van der Waals surface area contributed by atoms with Gasteiger partial charge in [-0.1, -0.05) is 88.2 Å². The number of hydrogen-bond donors (Lipinski definition) is 0. The topological polar surface area (TPSA) is 0 Å². The molecule has 162 valence electrons. The molecular weight excluding hydrogens is 433 g/mol. The molecule has 0 amide bonds. The average molecular weight is 465 g/mol. The van der Waals surface area contributed by atoms with Gasteiger partial charge < -0.3 is 0 Å². The van der Waals surface area contributed by atoms with Crippen molar-refractivity contribution >= 4 is 34.0 Å². The first kappa shape index (κ1) is 23.9. The summed E-state index contributed by atoms with van der Waals surface area (Å²) < 4.78 is 0. The van der Waals surface area contributed by atoms with Gasteiger partial charge >= 0.3 is 0 Å². The predicted molar refractivity (Wildman–Crippen MR) is 142 cm³/mol. The van der Waals surface area contributed by atoms with Crippen LogP contribution in [0.4, 0.5) is 0 Å². The van der Waals surface area contributed by atoms with Crippen molar-refractivity contribution in [3.05, 3.63) is 46.2 Å². The zero-order valence-electron chi connectivity index (χ0n) is 18.8. The van der Waals surface area contributed by atoms with Crippen LogP contribution in [0, 0.1) is 23.7 Å². The van der Waals surface area contributed by atoms with E-state index in [-0.39, 0.29) is 0 Å². The Morgan fingerprint density at radius 2 is 1.13 bits per heavy atom. The largest absolute Gasteiger partial charge is 0.143 e. The Balaban J connectivity index is 1.94. The van der Waals surface area contributed by atoms with Crippen molar-refractivity contribution in [3.63, 3.8) is 0 Å². The van der Waals surface area contributed by atoms with Crippen LogP contribution in [-0.2, 0) is 0 Å². The van der Waals surface area contributed by atoms with Crippen molar-refractivity contribution in [3.8, 4) is 43.2 Å². The molecule has 0 aromatic carbocycles. The third-order valence-corrected chi connectivity index (χ3v) is 8.43. The molecule has 3 heteroatoms. The summed E-state index contributed by atoms with van der Waals surface area (Å²) in [6, 6.07) is 8.68. The quantitative estimate of drug-likeness (QED) is 0.207. The van der Waals surface area contributed by atoms with Gasteiger partial charge in [-0.25, -0.2) is 0 Å². The lowest BCUT2D eigenvalue weighted by Crippen LogP contribution is -1.83. The normalized spacial score (nSPS) is 10.4. The Bertz CT molecular complexity index is 929. The minimum atomic E-state index is 0.970. The lowest BCUT2D eigenvalue weighted by Gasteiger charge is -1.97. The van der Waals surface area contributed by atoms with E-state index < -0.39 is 0 Å². The highest BCUT2D eigenvalue weighted by molar-refractivity contribution is 7.26. The molecule has 0 aliphatic rings. The summed E-state index contributed by atoms with van der Waals surface area (Å²) in [4.78, 5) is 5.17. The van der Waals surface area contributed by atoms with Crippen molar-refractivity contribution in [2.75, 3.05) is 0 Å². The van der Waals surface area contributed by atoms with Crippen LogP contribution < -0.4 is 0 Å². The molecule has 0 atom stereocenters. The van der Waals surface area contributed by atoms with E-state index in [9.17, 15) is 0 Å². The molecule has 0 fully saturated rings. The summed E-state index contributed by atoms with van der Waals surface area (Å²) in [6.07, 6.45) is 12.0. The van der Waals surface area contributed by atoms with Crippen LogP contribution in [0.2, 0.25) is 0 Å². The molecule has 0 aliphatic carbocycles. The molecule has 3 aromatic heterocycles. The van der Waals surface area contributed by atoms with Crippen LogP contribution in [-0.4, -0.2) is 0 Å². The van der Waals surface area contributed by atoms with Gasteiger partial charge in [0.2, 0.25) is 0 Å². The number of hydrogen-bond acceptors (Lipinski definition) is 3. The molecule has 0 unspecified atom stereocenters. The molecule has 3 aromatic rings. The Hall–Kier alpha value is -1.78. The standard InChI is InChI=1S/C28H32S3/c1-3-5-7-9-11-13-17-23-24(18-14-12-10-8-6-4-2)28(26-20-16-22-30-26)31-27(23)25-19-15-21-29-25/h15-16,19-22H,3-12H2,1-2H3. The highest BCUT2D eigenvalue weighted by atomic mass is 32.1. The van der Waals surface area contributed by atoms with E-state index in [1.165, 1.54) is 70.9 Å². The number of thiophene rings is 3. The van der Waals surface area contributed by atoms with E-state index in [1.807, 2.05) is 11.3 Å². The molecular formula is C28H32S3. The smallest absolute Gasteiger partial charge is 0.0619 e. The Labute approximate surface area is 200 Å². The zero-order valence-corrected chi connectivity index (χ0v) is 21.2. The fourth-order valence-corrected chi connectivity index (χ4v) is 6.34. The van der Waals surface area contributed by atoms with E-state index in [1.54, 1.807) is 22.7 Å². The Morgan fingerprint density at radius 1 is 0.645 bits per heavy atom. The fourth-order valence-electron chi connectivity index (χ4n) is 3.41. The van der Waals surface area contributed by atoms with Gasteiger partial charge in [0.25, 0.3) is 0 Å². The summed E-state index contributed by atoms with van der Waals surface area (Å²) in [7, 11) is 0. The lowest BCUT2D eigenvalue weighted by molar-refractivity contribution is 0.679. The minimum Gasteiger partial charge on any atom is -0.143 e. The van der Waals surface area contributed by atoms with Crippen molar-refractivity contribution in [2.24, 2.45) is 0 Å². The van der Waals surface area contributed by atoms with Gasteiger partial charge in [-0.15, -0.1) is 34.0 Å². The van der Waals surface area contributed by atoms with Gasteiger partial charge in [0.1, 0.15) is 0 Å². The van der Waals surface area contributed by atoms with Gasteiger partial charge in [-0.05, 0) is 35.7 Å². The third-order valence-electron chi connectivity index (χ3n) is 5.14. The second-order valence-corrected chi connectivity index (χ2v) is 10.6. The maximum absolute atomic E-state index is 3.56. The number of rotatable bonds is 10. The van der Waals surface area contributed by atoms with Gasteiger partial charge in [0, 0.05) is 22.6 Å². The molecule has 3 rings (SSSR count). The van der Waals surface area contributed by atoms with Crippen LogP contribution in [0.1, 0.15) is 89.2 Å². The summed E-state index contributed by atoms with van der Waals surface area (Å²) in [5.74, 6) is 14.1. The molecule has 0 saturated carbocycles. The molecule has 0 radical (unpaired) electrons. The van der Waals surface area contributed by atoms with Gasteiger partial charge in [-0.3, -0.25) is 0 Å². The molecule has 0 bridgehead atoms. The second-order valence-electron chi connectivity index (χ2n) is 7.69. The first-order valence-corrected chi connectivity index (χ1v) is 14.1. The molecule has 3 heterocycles. The SMILES string of the molecule is CCCCCCC#Cc1c(-c2cccs2)sc(-c2cccs2)c1C#CCCCCCC. The van der Waals surface area contributed by atoms with Gasteiger partial charge in [0.15, 0.2) is 0 Å². The van der Waals surface area contributed by atoms with E-state index in [0.29, 0.717) is 0 Å².